The molecule has 300 valence electrons. The average molecular weight is 1040 g/mol. The van der Waals surface area contributed by atoms with Gasteiger partial charge in [0.05, 0.1) is 38.5 Å². The highest BCUT2D eigenvalue weighted by Gasteiger charge is 2.36. The van der Waals surface area contributed by atoms with E-state index in [-0.39, 0.29) is 47.6 Å². The molecule has 27 heteroatoms. The number of halogens is 10. The lowest BCUT2D eigenvalue weighted by molar-refractivity contribution is 0.163. The topological polar surface area (TPSA) is 201 Å². The molecule has 0 saturated heterocycles. The van der Waals surface area contributed by atoms with Crippen LogP contribution in [0.1, 0.15) is 20.8 Å². The van der Waals surface area contributed by atoms with Gasteiger partial charge in [0.25, 0.3) is 5.88 Å². The number of nitrogens with zero attached hydrogens (tertiary/aromatic N) is 8. The summed E-state index contributed by atoms with van der Waals surface area (Å²) in [6.45, 7) is 13.1. The van der Waals surface area contributed by atoms with Crippen molar-refractivity contribution in [2.45, 2.75) is 38.9 Å². The standard InChI is InChI=1S/C12H20Cl2N2O2Si.C6H5BrN2O2.C5H4Cl2N2O.C4H2Cl2N2O.Al.3ClH.H2O/c1-12(2,3)19(4,5)18-7-6-17-9-8-15-11(14)16-10(9)13;7-6-8-3-4-5(9-6)11-2-1-10-4;1-10-3-2-8-5(7)9-4(3)6;5-3-2(9)1-7-4(6)8-3;;;;;/h8H,6-7H2,1-5H3;3H,1-2H2;2H,1H3;1,9H;;3*1H;1H2/q;;;;+3;;;;/p-3. The second-order valence-corrected chi connectivity index (χ2v) is 24.9. The van der Waals surface area contributed by atoms with Crippen LogP contribution in [-0.2, 0) is 4.43 Å². The molecule has 15 nitrogen and oxygen atoms in total. The fraction of sp³-hybridized carbons (Fsp3) is 0.407. The number of ether oxygens (including phenoxy) is 4. The predicted octanol–water partition coefficient (Wildman–Crippen LogP) is 9.34. The second kappa shape index (κ2) is 26.9. The van der Waals surface area contributed by atoms with Gasteiger partial charge in [-0.15, -0.1) is 0 Å². The molecule has 5 heterocycles. The summed E-state index contributed by atoms with van der Waals surface area (Å²) < 4.78 is 27.2. The highest BCUT2D eigenvalue weighted by molar-refractivity contribution is 9.10. The Morgan fingerprint density at radius 3 is 1.70 bits per heavy atom. The van der Waals surface area contributed by atoms with Gasteiger partial charge >= 0.3 is 11.4 Å². The van der Waals surface area contributed by atoms with Gasteiger partial charge in [0.1, 0.15) is 19.8 Å². The Bertz CT molecular complexity index is 1730. The van der Waals surface area contributed by atoms with Gasteiger partial charge in [0.2, 0.25) is 15.9 Å². The van der Waals surface area contributed by atoms with E-state index in [0.717, 1.165) is 6.20 Å². The van der Waals surface area contributed by atoms with Crippen molar-refractivity contribution in [2.24, 2.45) is 0 Å². The smallest absolute Gasteiger partial charge is 0.504 e. The Kier molecular flexibility index (Phi) is 26.4. The minimum Gasteiger partial charge on any atom is -0.504 e. The zero-order valence-electron chi connectivity index (χ0n) is 29.1. The molecule has 0 fully saturated rings. The van der Waals surface area contributed by atoms with Crippen LogP contribution in [-0.4, -0.2) is 104 Å². The summed E-state index contributed by atoms with van der Waals surface area (Å²) >= 11 is 34.5. The Morgan fingerprint density at radius 1 is 0.759 bits per heavy atom. The van der Waals surface area contributed by atoms with Crippen molar-refractivity contribution in [3.05, 3.63) is 60.8 Å². The highest BCUT2D eigenvalue weighted by Crippen LogP contribution is 2.36. The fourth-order valence-electron chi connectivity index (χ4n) is 2.72. The van der Waals surface area contributed by atoms with Crippen LogP contribution in [0.3, 0.4) is 0 Å². The van der Waals surface area contributed by atoms with Crippen molar-refractivity contribution < 1.29 is 34.0 Å². The van der Waals surface area contributed by atoms with Crippen LogP contribution in [0.15, 0.2) is 29.5 Å². The third kappa shape index (κ3) is 21.6. The van der Waals surface area contributed by atoms with Crippen molar-refractivity contribution in [3.63, 3.8) is 0 Å². The molecule has 0 amide bonds. The molecule has 0 spiro atoms. The fourth-order valence-corrected chi connectivity index (χ4v) is 5.06. The number of aromatic nitrogens is 8. The number of aromatic hydroxyl groups is 1. The van der Waals surface area contributed by atoms with Crippen LogP contribution < -0.4 is 18.9 Å². The Hall–Kier alpha value is -0.921. The third-order valence-corrected chi connectivity index (χ3v) is 12.4. The van der Waals surface area contributed by atoms with Crippen LogP contribution in [0, 0.1) is 0 Å². The van der Waals surface area contributed by atoms with Gasteiger partial charge in [-0.2, -0.15) is 4.98 Å². The summed E-state index contributed by atoms with van der Waals surface area (Å²) in [7, 11) is 14.6. The van der Waals surface area contributed by atoms with E-state index in [2.05, 4.69) is 89.7 Å². The molecule has 0 aromatic carbocycles. The van der Waals surface area contributed by atoms with E-state index in [4.69, 9.17) is 128 Å². The Morgan fingerprint density at radius 2 is 1.24 bits per heavy atom. The van der Waals surface area contributed by atoms with E-state index >= 15 is 0 Å². The van der Waals surface area contributed by atoms with E-state index in [1.54, 1.807) is 6.20 Å². The van der Waals surface area contributed by atoms with Crippen molar-refractivity contribution in [3.8, 4) is 28.9 Å². The Balaban J connectivity index is 0.000000694. The molecule has 0 atom stereocenters. The maximum absolute atomic E-state index is 8.73. The van der Waals surface area contributed by atoms with Gasteiger partial charge in [-0.3, -0.25) is 0 Å². The molecule has 0 aliphatic carbocycles. The van der Waals surface area contributed by atoms with E-state index in [1.165, 1.54) is 19.5 Å². The number of hydrogen-bond acceptors (Lipinski definition) is 14. The molecule has 1 aliphatic heterocycles. The quantitative estimate of drug-likeness (QED) is 0.0829. The monoisotopic (exact) mass is 1030 g/mol. The average Bonchev–Trinajstić information content (AvgIpc) is 3.06. The molecule has 0 radical (unpaired) electrons. The van der Waals surface area contributed by atoms with Gasteiger partial charge in [-0.05, 0) is 68.9 Å². The molecule has 4 aromatic heterocycles. The normalized spacial score (nSPS) is 11.3. The number of hydrogen-bond donors (Lipinski definition) is 1. The van der Waals surface area contributed by atoms with E-state index < -0.39 is 19.7 Å². The van der Waals surface area contributed by atoms with Crippen LogP contribution in [0.5, 0.6) is 28.9 Å². The third-order valence-electron chi connectivity index (χ3n) is 6.16. The zero-order chi connectivity index (χ0) is 40.4. The summed E-state index contributed by atoms with van der Waals surface area (Å²) in [6.07, 6.45) is 5.60. The molecule has 54 heavy (non-hydrogen) atoms. The highest BCUT2D eigenvalue weighted by atomic mass is 79.9. The Labute approximate surface area is 368 Å². The summed E-state index contributed by atoms with van der Waals surface area (Å²) in [5.41, 5.74) is 0. The second-order valence-electron chi connectivity index (χ2n) is 10.8. The van der Waals surface area contributed by atoms with E-state index in [9.17, 15) is 0 Å². The van der Waals surface area contributed by atoms with Gasteiger partial charge in [-0.25, -0.2) is 65.0 Å². The minimum absolute atomic E-state index is 0. The molecule has 0 bridgehead atoms. The molecule has 0 saturated carbocycles. The number of fused-ring (bicyclic) bond motifs is 1. The molecule has 5 rings (SSSR count). The van der Waals surface area contributed by atoms with Crippen molar-refractivity contribution in [2.75, 3.05) is 33.5 Å². The van der Waals surface area contributed by atoms with Gasteiger partial charge in [-0.1, -0.05) is 55.6 Å². The lowest BCUT2D eigenvalue weighted by Gasteiger charge is -2.36. The first-order valence-electron chi connectivity index (χ1n) is 14.4. The summed E-state index contributed by atoms with van der Waals surface area (Å²) in [6, 6.07) is 0. The summed E-state index contributed by atoms with van der Waals surface area (Å²) in [5, 5.41) is 9.57. The summed E-state index contributed by atoms with van der Waals surface area (Å²) in [5.74, 6) is 1.80. The predicted molar refractivity (Wildman–Crippen MR) is 221 cm³/mol. The zero-order valence-corrected chi connectivity index (χ0v) is 39.6. The minimum atomic E-state index is -1.73. The molecular weight excluding hydrogens is 1000 g/mol. The van der Waals surface area contributed by atoms with Crippen molar-refractivity contribution in [1.82, 2.24) is 39.9 Å². The molecule has 1 aliphatic rings. The van der Waals surface area contributed by atoms with Gasteiger partial charge < -0.3 is 34.0 Å². The summed E-state index contributed by atoms with van der Waals surface area (Å²) in [4.78, 5) is 29.7. The lowest BCUT2D eigenvalue weighted by atomic mass is 10.2. The van der Waals surface area contributed by atoms with Crippen LogP contribution in [0.4, 0.5) is 0 Å². The number of methoxy groups -OCH3 is 1. The van der Waals surface area contributed by atoms with E-state index in [1.807, 2.05) is 0 Å². The molecule has 4 aromatic rings. The maximum Gasteiger partial charge on any atom is 0.643 e. The first-order valence-corrected chi connectivity index (χ1v) is 25.6. The van der Waals surface area contributed by atoms with Gasteiger partial charge in [0, 0.05) is 0 Å². The van der Waals surface area contributed by atoms with Crippen LogP contribution in [0.2, 0.25) is 49.4 Å². The SMILES string of the molecule is Brc1ncc2c(n1)OCCO2.CC(C)(C)[Si](C)(C)OCCOc1cnc(Cl)nc1Cl.COc1cnc(Cl)nc1Cl.O.Oc1cnc(Cl)nc1Cl.[Cl][Al]([Cl])[Cl]. The largest absolute Gasteiger partial charge is 0.643 e. The first-order chi connectivity index (χ1) is 24.7. The van der Waals surface area contributed by atoms with Crippen molar-refractivity contribution >= 4 is 135 Å². The van der Waals surface area contributed by atoms with Crippen molar-refractivity contribution in [1.29, 1.82) is 0 Å². The first kappa shape index (κ1) is 53.1. The van der Waals surface area contributed by atoms with Crippen LogP contribution >= 0.6 is 116 Å². The van der Waals surface area contributed by atoms with E-state index in [0.29, 0.717) is 54.3 Å². The number of rotatable bonds is 6. The lowest BCUT2D eigenvalue weighted by Crippen LogP contribution is -2.41. The van der Waals surface area contributed by atoms with Gasteiger partial charge in [0.15, 0.2) is 51.5 Å². The maximum atomic E-state index is 8.73. The molecule has 0 unspecified atom stereocenters. The molecule has 3 N–H and O–H groups in total. The van der Waals surface area contributed by atoms with Crippen LogP contribution in [0.25, 0.3) is 0 Å². The molecular formula is C27H33AlBrCl9N8O7Si.